The van der Waals surface area contributed by atoms with E-state index in [1.807, 2.05) is 6.07 Å². The minimum absolute atomic E-state index is 0.0332. The molecule has 1 aromatic carbocycles. The smallest absolute Gasteiger partial charge is 0.249 e. The quantitative estimate of drug-likeness (QED) is 0.721. The zero-order valence-corrected chi connectivity index (χ0v) is 15.0. The van der Waals surface area contributed by atoms with E-state index in [4.69, 9.17) is 0 Å². The maximum atomic E-state index is 13.5. The van der Waals surface area contributed by atoms with Gasteiger partial charge in [-0.3, -0.25) is 20.2 Å². The number of hydrogen-bond donors (Lipinski definition) is 2. The summed E-state index contributed by atoms with van der Waals surface area (Å²) >= 11 is 1.50. The van der Waals surface area contributed by atoms with Crippen LogP contribution in [0.1, 0.15) is 0 Å². The minimum Gasteiger partial charge on any atom is -0.335 e. The number of anilines is 2. The minimum atomic E-state index is -0.305. The predicted octanol–water partition coefficient (Wildman–Crippen LogP) is 3.07. The van der Waals surface area contributed by atoms with Crippen LogP contribution in [0.2, 0.25) is 0 Å². The molecule has 7 nitrogen and oxygen atoms in total. The second kappa shape index (κ2) is 7.20. The molecule has 0 unspecified atom stereocenters. The van der Waals surface area contributed by atoms with E-state index in [1.54, 1.807) is 29.3 Å². The van der Waals surface area contributed by atoms with Crippen molar-refractivity contribution in [2.75, 3.05) is 22.5 Å². The number of nitrogens with zero attached hydrogens (tertiary/aromatic N) is 4. The summed E-state index contributed by atoms with van der Waals surface area (Å²) in [6.45, 7) is 4.04. The Morgan fingerprint density at radius 1 is 1.37 bits per heavy atom. The molecule has 3 heterocycles. The van der Waals surface area contributed by atoms with Gasteiger partial charge in [0.05, 0.1) is 5.69 Å². The molecular weight excluding hydrogens is 367 g/mol. The number of carbonyl (C=O) groups excluding carboxylic acids is 1. The molecule has 4 rings (SSSR count). The van der Waals surface area contributed by atoms with Crippen molar-refractivity contribution < 1.29 is 9.18 Å². The lowest BCUT2D eigenvalue weighted by Crippen LogP contribution is -2.35. The van der Waals surface area contributed by atoms with Crippen molar-refractivity contribution >= 4 is 29.3 Å². The van der Waals surface area contributed by atoms with Crippen molar-refractivity contribution in [2.24, 2.45) is 0 Å². The van der Waals surface area contributed by atoms with Crippen LogP contribution in [0.25, 0.3) is 11.5 Å². The number of nitrogens with one attached hydrogen (secondary N) is 2. The van der Waals surface area contributed by atoms with E-state index in [0.717, 1.165) is 16.3 Å². The first-order valence-electron chi connectivity index (χ1n) is 8.11. The van der Waals surface area contributed by atoms with Gasteiger partial charge in [0.25, 0.3) is 0 Å². The van der Waals surface area contributed by atoms with Crippen molar-refractivity contribution in [1.82, 2.24) is 20.2 Å². The number of amides is 1. The molecule has 2 N–H and O–H groups in total. The summed E-state index contributed by atoms with van der Waals surface area (Å²) in [6.07, 6.45) is 1.65. The molecule has 3 aromatic rings. The summed E-state index contributed by atoms with van der Waals surface area (Å²) in [5.41, 5.74) is 2.17. The molecule has 0 atom stereocenters. The summed E-state index contributed by atoms with van der Waals surface area (Å²) in [5, 5.41) is 9.40. The second-order valence-corrected chi connectivity index (χ2v) is 6.84. The van der Waals surface area contributed by atoms with Gasteiger partial charge in [0.2, 0.25) is 11.9 Å². The first-order valence-corrected chi connectivity index (χ1v) is 9.10. The molecular formula is C18H15FN6OS. The van der Waals surface area contributed by atoms with Crippen molar-refractivity contribution in [2.45, 2.75) is 4.90 Å². The molecule has 0 saturated heterocycles. The standard InChI is InChI=1S/C18H15FN6OS/c1-11-10-27-15-8-12(19)5-6-14(15)25(11)9-16(26)21-18-22-17(23-24-18)13-4-2-3-7-20-13/h2-8H,1,9-10H2,(H2,21,22,23,24,26). The topological polar surface area (TPSA) is 86.8 Å². The third-order valence-corrected chi connectivity index (χ3v) is 5.05. The Labute approximate surface area is 158 Å². The maximum absolute atomic E-state index is 13.5. The SMILES string of the molecule is C=C1CSc2cc(F)ccc2N1CC(=O)Nc1n[nH]c(-c2ccccn2)n1. The average molecular weight is 382 g/mol. The Balaban J connectivity index is 1.47. The van der Waals surface area contributed by atoms with Crippen LogP contribution in [0.15, 0.2) is 59.8 Å². The number of aromatic nitrogens is 4. The number of carbonyl (C=O) groups is 1. The lowest BCUT2D eigenvalue weighted by Gasteiger charge is -2.31. The van der Waals surface area contributed by atoms with Gasteiger partial charge in [-0.15, -0.1) is 16.9 Å². The van der Waals surface area contributed by atoms with E-state index >= 15 is 0 Å². The number of pyridine rings is 1. The number of fused-ring (bicyclic) bond motifs is 1. The van der Waals surface area contributed by atoms with E-state index < -0.39 is 0 Å². The Morgan fingerprint density at radius 2 is 2.26 bits per heavy atom. The van der Waals surface area contributed by atoms with Crippen LogP contribution in [0.5, 0.6) is 0 Å². The molecule has 136 valence electrons. The zero-order valence-electron chi connectivity index (χ0n) is 14.1. The van der Waals surface area contributed by atoms with Crippen molar-refractivity contribution in [3.63, 3.8) is 0 Å². The highest BCUT2D eigenvalue weighted by atomic mass is 32.2. The summed E-state index contributed by atoms with van der Waals surface area (Å²) in [4.78, 5) is 23.4. The molecule has 1 aliphatic heterocycles. The normalized spacial score (nSPS) is 13.4. The molecule has 0 spiro atoms. The Hall–Kier alpha value is -3.20. The zero-order chi connectivity index (χ0) is 18.8. The van der Waals surface area contributed by atoms with Crippen LogP contribution in [-0.2, 0) is 4.79 Å². The number of thioether (sulfide) groups is 1. The van der Waals surface area contributed by atoms with E-state index in [-0.39, 0.29) is 24.2 Å². The molecule has 0 fully saturated rings. The van der Waals surface area contributed by atoms with Crippen molar-refractivity contribution in [1.29, 1.82) is 0 Å². The second-order valence-electron chi connectivity index (χ2n) is 5.82. The number of hydrogen-bond acceptors (Lipinski definition) is 6. The highest BCUT2D eigenvalue weighted by Crippen LogP contribution is 2.38. The maximum Gasteiger partial charge on any atom is 0.249 e. The van der Waals surface area contributed by atoms with E-state index in [2.05, 4.69) is 32.1 Å². The molecule has 1 amide bonds. The molecule has 0 bridgehead atoms. The number of halogens is 1. The lowest BCUT2D eigenvalue weighted by atomic mass is 10.2. The van der Waals surface area contributed by atoms with Crippen LogP contribution in [0.3, 0.4) is 0 Å². The van der Waals surface area contributed by atoms with Crippen LogP contribution in [-0.4, -0.2) is 38.4 Å². The van der Waals surface area contributed by atoms with Crippen LogP contribution >= 0.6 is 11.8 Å². The molecule has 0 saturated carbocycles. The number of aromatic amines is 1. The van der Waals surface area contributed by atoms with Gasteiger partial charge < -0.3 is 4.90 Å². The predicted molar refractivity (Wildman–Crippen MR) is 102 cm³/mol. The number of rotatable bonds is 4. The summed E-state index contributed by atoms with van der Waals surface area (Å²) < 4.78 is 13.5. The summed E-state index contributed by atoms with van der Waals surface area (Å²) in [7, 11) is 0. The largest absolute Gasteiger partial charge is 0.335 e. The fourth-order valence-corrected chi connectivity index (χ4v) is 3.68. The van der Waals surface area contributed by atoms with Gasteiger partial charge in [0.15, 0.2) is 5.82 Å². The Bertz CT molecular complexity index is 1010. The molecule has 27 heavy (non-hydrogen) atoms. The fraction of sp³-hybridized carbons (Fsp3) is 0.111. The van der Waals surface area contributed by atoms with Crippen LogP contribution < -0.4 is 10.2 Å². The fourth-order valence-electron chi connectivity index (χ4n) is 2.68. The third kappa shape index (κ3) is 3.68. The highest BCUT2D eigenvalue weighted by molar-refractivity contribution is 7.99. The summed E-state index contributed by atoms with van der Waals surface area (Å²) in [6, 6.07) is 9.92. The molecule has 1 aliphatic rings. The van der Waals surface area contributed by atoms with Crippen molar-refractivity contribution in [3.8, 4) is 11.5 Å². The summed E-state index contributed by atoms with van der Waals surface area (Å²) in [5.74, 6) is 0.613. The number of benzene rings is 1. The van der Waals surface area contributed by atoms with Gasteiger partial charge in [-0.05, 0) is 30.3 Å². The molecule has 9 heteroatoms. The van der Waals surface area contributed by atoms with E-state index in [0.29, 0.717) is 17.3 Å². The number of H-pyrrole nitrogens is 1. The van der Waals surface area contributed by atoms with Crippen LogP contribution in [0.4, 0.5) is 16.0 Å². The van der Waals surface area contributed by atoms with Gasteiger partial charge in [0.1, 0.15) is 18.1 Å². The van der Waals surface area contributed by atoms with Gasteiger partial charge in [-0.1, -0.05) is 12.6 Å². The van der Waals surface area contributed by atoms with Crippen molar-refractivity contribution in [3.05, 3.63) is 60.7 Å². The Kier molecular flexibility index (Phi) is 4.59. The van der Waals surface area contributed by atoms with Gasteiger partial charge in [-0.25, -0.2) is 4.39 Å². The molecule has 0 aliphatic carbocycles. The molecule has 2 aromatic heterocycles. The van der Waals surface area contributed by atoms with E-state index in [1.165, 1.54) is 23.9 Å². The first-order chi connectivity index (χ1) is 13.1. The molecule has 0 radical (unpaired) electrons. The highest BCUT2D eigenvalue weighted by Gasteiger charge is 2.23. The first kappa shape index (κ1) is 17.2. The van der Waals surface area contributed by atoms with Gasteiger partial charge in [0, 0.05) is 22.5 Å². The van der Waals surface area contributed by atoms with Gasteiger partial charge in [-0.2, -0.15) is 4.98 Å². The van der Waals surface area contributed by atoms with Crippen LogP contribution in [0, 0.1) is 5.82 Å². The Morgan fingerprint density at radius 3 is 3.07 bits per heavy atom. The lowest BCUT2D eigenvalue weighted by molar-refractivity contribution is -0.115. The monoisotopic (exact) mass is 382 g/mol. The van der Waals surface area contributed by atoms with E-state index in [9.17, 15) is 9.18 Å². The third-order valence-electron chi connectivity index (χ3n) is 3.93. The van der Waals surface area contributed by atoms with Gasteiger partial charge >= 0.3 is 0 Å². The average Bonchev–Trinajstić information content (AvgIpc) is 3.13.